The van der Waals surface area contributed by atoms with Gasteiger partial charge in [-0.25, -0.2) is 9.18 Å². The van der Waals surface area contributed by atoms with Gasteiger partial charge >= 0.3 is 12.3 Å². The van der Waals surface area contributed by atoms with Crippen LogP contribution in [0, 0.1) is 6.92 Å². The topological polar surface area (TPSA) is 35.5 Å². The minimum Gasteiger partial charge on any atom is -0.421 e. The first-order valence-corrected chi connectivity index (χ1v) is 6.86. The first-order chi connectivity index (χ1) is 11.7. The number of alkyl halides is 3. The standard InChI is InChI=1S/C17H11F5O3/c1-10-2-4-11(5-3-10)14(18)15(19)16(23)24-12-6-8-13(9-7-12)25-17(20,21)22/h2-9H,1H3/b15-14+. The Bertz CT molecular complexity index is 777. The van der Waals surface area contributed by atoms with E-state index in [1.54, 1.807) is 6.92 Å². The summed E-state index contributed by atoms with van der Waals surface area (Å²) in [6.45, 7) is 1.75. The first kappa shape index (κ1) is 18.4. The molecule has 0 bridgehead atoms. The van der Waals surface area contributed by atoms with Crippen molar-refractivity contribution < 1.29 is 36.2 Å². The fraction of sp³-hybridized carbons (Fsp3) is 0.118. The average molecular weight is 358 g/mol. The van der Waals surface area contributed by atoms with E-state index in [9.17, 15) is 26.7 Å². The van der Waals surface area contributed by atoms with Crippen LogP contribution in [0.5, 0.6) is 11.5 Å². The van der Waals surface area contributed by atoms with Gasteiger partial charge in [-0.15, -0.1) is 13.2 Å². The molecule has 2 aromatic carbocycles. The van der Waals surface area contributed by atoms with Gasteiger partial charge in [0.25, 0.3) is 0 Å². The molecule has 25 heavy (non-hydrogen) atoms. The minimum atomic E-state index is -4.87. The van der Waals surface area contributed by atoms with Crippen LogP contribution in [0.4, 0.5) is 22.0 Å². The molecule has 0 atom stereocenters. The smallest absolute Gasteiger partial charge is 0.421 e. The Morgan fingerprint density at radius 3 is 1.92 bits per heavy atom. The van der Waals surface area contributed by atoms with Crippen LogP contribution in [-0.4, -0.2) is 12.3 Å². The molecule has 0 N–H and O–H groups in total. The van der Waals surface area contributed by atoms with Crippen LogP contribution in [0.25, 0.3) is 5.83 Å². The summed E-state index contributed by atoms with van der Waals surface area (Å²) in [5, 5.41) is 0. The van der Waals surface area contributed by atoms with Crippen molar-refractivity contribution in [1.82, 2.24) is 0 Å². The summed E-state index contributed by atoms with van der Waals surface area (Å²) < 4.78 is 72.0. The second-order valence-corrected chi connectivity index (χ2v) is 4.90. The zero-order chi connectivity index (χ0) is 18.6. The van der Waals surface area contributed by atoms with E-state index in [4.69, 9.17) is 0 Å². The van der Waals surface area contributed by atoms with Crippen molar-refractivity contribution in [3.8, 4) is 11.5 Å². The molecule has 2 aromatic rings. The molecule has 0 heterocycles. The van der Waals surface area contributed by atoms with Gasteiger partial charge < -0.3 is 9.47 Å². The van der Waals surface area contributed by atoms with E-state index >= 15 is 0 Å². The van der Waals surface area contributed by atoms with E-state index in [-0.39, 0.29) is 11.3 Å². The van der Waals surface area contributed by atoms with Gasteiger partial charge in [0, 0.05) is 5.56 Å². The Kier molecular flexibility index (Phi) is 5.41. The molecule has 0 radical (unpaired) electrons. The van der Waals surface area contributed by atoms with Gasteiger partial charge in [-0.1, -0.05) is 29.8 Å². The van der Waals surface area contributed by atoms with Crippen molar-refractivity contribution in [1.29, 1.82) is 0 Å². The quantitative estimate of drug-likeness (QED) is 0.330. The van der Waals surface area contributed by atoms with Crippen LogP contribution in [0.15, 0.2) is 54.4 Å². The Balaban J connectivity index is 2.10. The molecule has 132 valence electrons. The van der Waals surface area contributed by atoms with Crippen LogP contribution in [0.1, 0.15) is 11.1 Å². The molecule has 0 spiro atoms. The number of benzene rings is 2. The summed E-state index contributed by atoms with van der Waals surface area (Å²) in [4.78, 5) is 11.6. The molecule has 8 heteroatoms. The lowest BCUT2D eigenvalue weighted by molar-refractivity contribution is -0.274. The van der Waals surface area contributed by atoms with Crippen molar-refractivity contribution in [2.24, 2.45) is 0 Å². The average Bonchev–Trinajstić information content (AvgIpc) is 2.54. The number of rotatable bonds is 4. The Morgan fingerprint density at radius 2 is 1.40 bits per heavy atom. The lowest BCUT2D eigenvalue weighted by Crippen LogP contribution is -2.17. The second kappa shape index (κ2) is 7.33. The van der Waals surface area contributed by atoms with Crippen molar-refractivity contribution >= 4 is 11.8 Å². The third-order valence-electron chi connectivity index (χ3n) is 2.94. The maximum atomic E-state index is 13.9. The molecule has 0 unspecified atom stereocenters. The monoisotopic (exact) mass is 358 g/mol. The van der Waals surface area contributed by atoms with Crippen molar-refractivity contribution in [2.75, 3.05) is 0 Å². The highest BCUT2D eigenvalue weighted by Crippen LogP contribution is 2.26. The molecule has 0 fully saturated rings. The van der Waals surface area contributed by atoms with Crippen LogP contribution in [0.3, 0.4) is 0 Å². The van der Waals surface area contributed by atoms with Gasteiger partial charge in [0.1, 0.15) is 11.5 Å². The van der Waals surface area contributed by atoms with Crippen molar-refractivity contribution in [2.45, 2.75) is 13.3 Å². The predicted molar refractivity (Wildman–Crippen MR) is 79.1 cm³/mol. The third kappa shape index (κ3) is 5.30. The Morgan fingerprint density at radius 1 is 0.880 bits per heavy atom. The Labute approximate surface area is 139 Å². The highest BCUT2D eigenvalue weighted by Gasteiger charge is 2.31. The number of aryl methyl sites for hydroxylation is 1. The summed E-state index contributed by atoms with van der Waals surface area (Å²) in [7, 11) is 0. The molecular weight excluding hydrogens is 347 g/mol. The zero-order valence-electron chi connectivity index (χ0n) is 12.7. The fourth-order valence-corrected chi connectivity index (χ4v) is 1.78. The van der Waals surface area contributed by atoms with Gasteiger partial charge in [0.15, 0.2) is 5.83 Å². The number of hydrogen-bond acceptors (Lipinski definition) is 3. The number of halogens is 5. The molecule has 0 saturated carbocycles. The van der Waals surface area contributed by atoms with Gasteiger partial charge in [0.05, 0.1) is 0 Å². The number of carbonyl (C=O) groups excluding carboxylic acids is 1. The Hall–Kier alpha value is -2.90. The van der Waals surface area contributed by atoms with Crippen LogP contribution in [-0.2, 0) is 4.79 Å². The lowest BCUT2D eigenvalue weighted by atomic mass is 10.1. The third-order valence-corrected chi connectivity index (χ3v) is 2.94. The molecule has 0 aliphatic rings. The molecule has 3 nitrogen and oxygen atoms in total. The van der Waals surface area contributed by atoms with Crippen LogP contribution in [0.2, 0.25) is 0 Å². The molecule has 0 aliphatic carbocycles. The summed E-state index contributed by atoms with van der Waals surface area (Å²) >= 11 is 0. The lowest BCUT2D eigenvalue weighted by Gasteiger charge is -2.09. The van der Waals surface area contributed by atoms with Gasteiger partial charge in [-0.3, -0.25) is 0 Å². The summed E-state index contributed by atoms with van der Waals surface area (Å²) in [6, 6.07) is 9.30. The number of hydrogen-bond donors (Lipinski definition) is 0. The first-order valence-electron chi connectivity index (χ1n) is 6.86. The number of carbonyl (C=O) groups is 1. The zero-order valence-corrected chi connectivity index (χ0v) is 12.7. The predicted octanol–water partition coefficient (Wildman–Crippen LogP) is 5.11. The largest absolute Gasteiger partial charge is 0.573 e. The highest BCUT2D eigenvalue weighted by atomic mass is 19.4. The van der Waals surface area contributed by atoms with Gasteiger partial charge in [-0.05, 0) is 31.2 Å². The number of esters is 1. The molecule has 2 rings (SSSR count). The molecule has 0 aromatic heterocycles. The molecule has 0 saturated heterocycles. The summed E-state index contributed by atoms with van der Waals surface area (Å²) in [5.74, 6) is -5.58. The number of ether oxygens (including phenoxy) is 2. The van der Waals surface area contributed by atoms with Crippen molar-refractivity contribution in [3.05, 3.63) is 65.5 Å². The molecular formula is C17H11F5O3. The summed E-state index contributed by atoms with van der Waals surface area (Å²) in [5.41, 5.74) is 0.676. The minimum absolute atomic E-state index is 0.144. The van der Waals surface area contributed by atoms with Crippen LogP contribution < -0.4 is 9.47 Å². The normalized spacial score (nSPS) is 12.4. The van der Waals surface area contributed by atoms with Gasteiger partial charge in [-0.2, -0.15) is 4.39 Å². The fourth-order valence-electron chi connectivity index (χ4n) is 1.78. The maximum absolute atomic E-state index is 13.9. The van der Waals surface area contributed by atoms with E-state index in [0.717, 1.165) is 29.8 Å². The van der Waals surface area contributed by atoms with E-state index in [1.165, 1.54) is 24.3 Å². The van der Waals surface area contributed by atoms with E-state index in [2.05, 4.69) is 9.47 Å². The van der Waals surface area contributed by atoms with E-state index < -0.39 is 29.7 Å². The highest BCUT2D eigenvalue weighted by molar-refractivity contribution is 5.94. The van der Waals surface area contributed by atoms with E-state index in [1.807, 2.05) is 0 Å². The van der Waals surface area contributed by atoms with E-state index in [0.29, 0.717) is 0 Å². The van der Waals surface area contributed by atoms with Gasteiger partial charge in [0.2, 0.25) is 5.83 Å². The molecule has 0 aliphatic heterocycles. The summed E-state index contributed by atoms with van der Waals surface area (Å²) in [6.07, 6.45) is -4.87. The SMILES string of the molecule is Cc1ccc(/C(F)=C(\F)C(=O)Oc2ccc(OC(F)(F)F)cc2)cc1. The maximum Gasteiger partial charge on any atom is 0.573 e. The molecule has 0 amide bonds. The van der Waals surface area contributed by atoms with Crippen molar-refractivity contribution in [3.63, 3.8) is 0 Å². The second-order valence-electron chi connectivity index (χ2n) is 4.90. The van der Waals surface area contributed by atoms with Crippen LogP contribution >= 0.6 is 0 Å².